The van der Waals surface area contributed by atoms with E-state index in [2.05, 4.69) is 26.3 Å². The van der Waals surface area contributed by atoms with Crippen LogP contribution >= 0.6 is 0 Å². The smallest absolute Gasteiger partial charge is 0.338 e. The fourth-order valence-electron chi connectivity index (χ4n) is 6.06. The Kier molecular flexibility index (Phi) is 6.69. The molecular formula is C34H30N4O5. The van der Waals surface area contributed by atoms with Crippen molar-refractivity contribution in [1.29, 1.82) is 0 Å². The number of rotatable bonds is 7. The predicted octanol–water partition coefficient (Wildman–Crippen LogP) is 6.29. The summed E-state index contributed by atoms with van der Waals surface area (Å²) < 4.78 is 16.8. The number of carbonyl (C=O) groups excluding carboxylic acids is 2. The normalized spacial score (nSPS) is 14.0. The molecule has 43 heavy (non-hydrogen) atoms. The molecule has 1 aliphatic heterocycles. The van der Waals surface area contributed by atoms with E-state index in [9.17, 15) is 9.59 Å². The van der Waals surface area contributed by atoms with Crippen molar-refractivity contribution in [3.8, 4) is 17.1 Å². The van der Waals surface area contributed by atoms with Crippen LogP contribution in [0.25, 0.3) is 22.2 Å². The average molecular weight is 575 g/mol. The molecule has 2 heterocycles. The molecule has 0 radical (unpaired) electrons. The van der Waals surface area contributed by atoms with Crippen LogP contribution in [0.4, 0.5) is 22.7 Å². The molecule has 216 valence electrons. The first-order valence-corrected chi connectivity index (χ1v) is 14.3. The second-order valence-electron chi connectivity index (χ2n) is 10.5. The molecule has 1 saturated heterocycles. The summed E-state index contributed by atoms with van der Waals surface area (Å²) in [6.45, 7) is 5.09. The number of nitrogens with zero attached hydrogens (tertiary/aromatic N) is 3. The minimum absolute atomic E-state index is 0.104. The van der Waals surface area contributed by atoms with Crippen LogP contribution in [-0.2, 0) is 4.74 Å². The highest BCUT2D eigenvalue weighted by molar-refractivity contribution is 6.28. The standard InChI is InChI=1S/C34H30N4O5/c1-3-42-34(40)21-9-8-10-22(19-21)35-25-20-27(38-17-15-37(16-18-38)26-13-6-7-14-28(26)41-2)31-30-29(25)32(39)23-11-4-5-12-24(23)33(30)43-36-31/h4-14,19-20,35H,3,15-18H2,1-2H3. The molecule has 9 nitrogen and oxygen atoms in total. The SMILES string of the molecule is CCOC(=O)c1cccc(Nc2cc(N3CCN(c4ccccc4OC)CC3)c3noc4c3c2C(=O)c2ccccc2-4)c1. The monoisotopic (exact) mass is 574 g/mol. The topological polar surface area (TPSA) is 97.1 Å². The van der Waals surface area contributed by atoms with Crippen LogP contribution < -0.4 is 19.9 Å². The Bertz CT molecular complexity index is 1870. The van der Waals surface area contributed by atoms with E-state index in [4.69, 9.17) is 14.0 Å². The van der Waals surface area contributed by atoms with Crippen LogP contribution in [0.1, 0.15) is 33.2 Å². The highest BCUT2D eigenvalue weighted by Crippen LogP contribution is 2.46. The van der Waals surface area contributed by atoms with Crippen molar-refractivity contribution in [3.63, 3.8) is 0 Å². The lowest BCUT2D eigenvalue weighted by atomic mass is 9.86. The third-order valence-corrected chi connectivity index (χ3v) is 8.08. The number of piperazine rings is 1. The lowest BCUT2D eigenvalue weighted by Crippen LogP contribution is -2.46. The summed E-state index contributed by atoms with van der Waals surface area (Å²) in [6.07, 6.45) is 0. The number of anilines is 4. The fourth-order valence-corrected chi connectivity index (χ4v) is 6.06. The summed E-state index contributed by atoms with van der Waals surface area (Å²) >= 11 is 0. The molecule has 1 aliphatic carbocycles. The number of carbonyl (C=O) groups is 2. The van der Waals surface area contributed by atoms with Crippen molar-refractivity contribution in [3.05, 3.63) is 95.6 Å². The zero-order chi connectivity index (χ0) is 29.5. The van der Waals surface area contributed by atoms with Crippen molar-refractivity contribution in [2.24, 2.45) is 0 Å². The Balaban J connectivity index is 1.31. The lowest BCUT2D eigenvalue weighted by Gasteiger charge is -2.38. The number of ketones is 1. The molecule has 9 heteroatoms. The summed E-state index contributed by atoms with van der Waals surface area (Å²) in [5, 5.41) is 8.65. The van der Waals surface area contributed by atoms with Crippen LogP contribution in [0.2, 0.25) is 0 Å². The van der Waals surface area contributed by atoms with Gasteiger partial charge in [0, 0.05) is 43.0 Å². The van der Waals surface area contributed by atoms with E-state index < -0.39 is 5.97 Å². The highest BCUT2D eigenvalue weighted by atomic mass is 16.5. The maximum Gasteiger partial charge on any atom is 0.338 e. The van der Waals surface area contributed by atoms with Crippen LogP contribution in [-0.4, -0.2) is 56.8 Å². The summed E-state index contributed by atoms with van der Waals surface area (Å²) in [6, 6.07) is 24.6. The molecule has 2 aliphatic rings. The summed E-state index contributed by atoms with van der Waals surface area (Å²) in [7, 11) is 1.69. The number of ether oxygens (including phenoxy) is 2. The van der Waals surface area contributed by atoms with Crippen LogP contribution in [0.5, 0.6) is 5.75 Å². The maximum atomic E-state index is 14.0. The van der Waals surface area contributed by atoms with Crippen LogP contribution in [0.15, 0.2) is 83.4 Å². The Morgan fingerprint density at radius 3 is 2.40 bits per heavy atom. The van der Waals surface area contributed by atoms with Gasteiger partial charge >= 0.3 is 5.97 Å². The molecule has 0 saturated carbocycles. The van der Waals surface area contributed by atoms with Gasteiger partial charge in [-0.25, -0.2) is 4.79 Å². The molecule has 1 fully saturated rings. The fraction of sp³-hybridized carbons (Fsp3) is 0.206. The second kappa shape index (κ2) is 10.8. The largest absolute Gasteiger partial charge is 0.495 e. The number of hydrogen-bond acceptors (Lipinski definition) is 9. The van der Waals surface area contributed by atoms with E-state index in [0.717, 1.165) is 48.9 Å². The van der Waals surface area contributed by atoms with Gasteiger partial charge in [-0.1, -0.05) is 47.6 Å². The van der Waals surface area contributed by atoms with Gasteiger partial charge in [0.2, 0.25) is 0 Å². The zero-order valence-electron chi connectivity index (χ0n) is 23.9. The van der Waals surface area contributed by atoms with Gasteiger partial charge in [0.05, 0.1) is 47.3 Å². The quantitative estimate of drug-likeness (QED) is 0.221. The molecule has 0 spiro atoms. The Labute approximate surface area is 248 Å². The second-order valence-corrected chi connectivity index (χ2v) is 10.5. The highest BCUT2D eigenvalue weighted by Gasteiger charge is 2.34. The van der Waals surface area contributed by atoms with Gasteiger partial charge in [0.15, 0.2) is 11.5 Å². The van der Waals surface area contributed by atoms with Gasteiger partial charge in [0.25, 0.3) is 0 Å². The molecule has 7 rings (SSSR count). The van der Waals surface area contributed by atoms with E-state index in [1.54, 1.807) is 32.2 Å². The van der Waals surface area contributed by atoms with Gasteiger partial charge in [-0.15, -0.1) is 0 Å². The Hall–Kier alpha value is -5.31. The van der Waals surface area contributed by atoms with Gasteiger partial charge in [-0.2, -0.15) is 0 Å². The molecular weight excluding hydrogens is 544 g/mol. The predicted molar refractivity (Wildman–Crippen MR) is 166 cm³/mol. The molecule has 1 aromatic heterocycles. The number of aromatic nitrogens is 1. The van der Waals surface area contributed by atoms with E-state index >= 15 is 0 Å². The first-order valence-electron chi connectivity index (χ1n) is 14.3. The lowest BCUT2D eigenvalue weighted by molar-refractivity contribution is 0.0526. The number of fused-ring (bicyclic) bond motifs is 2. The van der Waals surface area contributed by atoms with Crippen LogP contribution in [0.3, 0.4) is 0 Å². The number of para-hydroxylation sites is 2. The molecule has 0 amide bonds. The minimum Gasteiger partial charge on any atom is -0.495 e. The number of esters is 1. The van der Waals surface area contributed by atoms with Crippen molar-refractivity contribution < 1.29 is 23.6 Å². The summed E-state index contributed by atoms with van der Waals surface area (Å²) in [5.41, 5.74) is 6.12. The van der Waals surface area contributed by atoms with Gasteiger partial charge in [-0.3, -0.25) is 4.79 Å². The molecule has 5 aromatic rings. The first kappa shape index (κ1) is 26.6. The van der Waals surface area contributed by atoms with Crippen LogP contribution in [0, 0.1) is 0 Å². The van der Waals surface area contributed by atoms with Crippen molar-refractivity contribution >= 4 is 45.4 Å². The van der Waals surface area contributed by atoms with Gasteiger partial charge < -0.3 is 29.1 Å². The minimum atomic E-state index is -0.400. The molecule has 0 bridgehead atoms. The van der Waals surface area contributed by atoms with Gasteiger partial charge in [0.1, 0.15) is 11.3 Å². The first-order chi connectivity index (χ1) is 21.1. The number of hydrogen-bond donors (Lipinski definition) is 1. The van der Waals surface area contributed by atoms with Crippen molar-refractivity contribution in [2.45, 2.75) is 6.92 Å². The van der Waals surface area contributed by atoms with E-state index in [1.807, 2.05) is 54.6 Å². The van der Waals surface area contributed by atoms with E-state index in [0.29, 0.717) is 44.7 Å². The van der Waals surface area contributed by atoms with E-state index in [1.165, 1.54) is 0 Å². The summed E-state index contributed by atoms with van der Waals surface area (Å²) in [4.78, 5) is 31.0. The average Bonchev–Trinajstić information content (AvgIpc) is 3.49. The molecule has 4 aromatic carbocycles. The summed E-state index contributed by atoms with van der Waals surface area (Å²) in [5.74, 6) is 0.925. The molecule has 0 unspecified atom stereocenters. The maximum absolute atomic E-state index is 14.0. The van der Waals surface area contributed by atoms with Gasteiger partial charge in [-0.05, 0) is 43.3 Å². The number of benzene rings is 4. The van der Waals surface area contributed by atoms with Crippen molar-refractivity contribution in [2.75, 3.05) is 55.0 Å². The Morgan fingerprint density at radius 1 is 0.907 bits per heavy atom. The third kappa shape index (κ3) is 4.53. The molecule has 1 N–H and O–H groups in total. The number of methoxy groups -OCH3 is 1. The zero-order valence-corrected chi connectivity index (χ0v) is 23.9. The Morgan fingerprint density at radius 2 is 1.63 bits per heavy atom. The number of nitrogens with one attached hydrogen (secondary N) is 1. The third-order valence-electron chi connectivity index (χ3n) is 8.08. The van der Waals surface area contributed by atoms with E-state index in [-0.39, 0.29) is 12.4 Å². The van der Waals surface area contributed by atoms with Crippen molar-refractivity contribution in [1.82, 2.24) is 5.16 Å². The molecule has 0 atom stereocenters.